The van der Waals surface area contributed by atoms with Gasteiger partial charge in [-0.2, -0.15) is 0 Å². The first-order chi connectivity index (χ1) is 10.2. The number of rotatable bonds is 5. The van der Waals surface area contributed by atoms with Crippen LogP contribution in [0, 0.1) is 17.8 Å². The second-order valence-corrected chi connectivity index (χ2v) is 6.66. The molecule has 2 saturated carbocycles. The van der Waals surface area contributed by atoms with Crippen LogP contribution >= 0.6 is 0 Å². The normalized spacial score (nSPS) is 30.1. The van der Waals surface area contributed by atoms with Crippen molar-refractivity contribution in [2.75, 3.05) is 7.11 Å². The van der Waals surface area contributed by atoms with Gasteiger partial charge in [0.25, 0.3) is 5.91 Å². The van der Waals surface area contributed by atoms with Crippen molar-refractivity contribution in [1.82, 2.24) is 5.32 Å². The Morgan fingerprint density at radius 3 is 2.57 bits per heavy atom. The summed E-state index contributed by atoms with van der Waals surface area (Å²) in [4.78, 5) is 12.5. The van der Waals surface area contributed by atoms with Crippen LogP contribution < -0.4 is 5.32 Å². The van der Waals surface area contributed by atoms with E-state index in [0.29, 0.717) is 5.92 Å². The van der Waals surface area contributed by atoms with Crippen molar-refractivity contribution in [3.8, 4) is 0 Å². The van der Waals surface area contributed by atoms with E-state index in [1.165, 1.54) is 25.7 Å². The molecule has 0 heterocycles. The van der Waals surface area contributed by atoms with Crippen molar-refractivity contribution >= 4 is 5.91 Å². The lowest BCUT2D eigenvalue weighted by molar-refractivity contribution is -0.132. The molecule has 2 bridgehead atoms. The summed E-state index contributed by atoms with van der Waals surface area (Å²) in [5.74, 6) is 2.37. The summed E-state index contributed by atoms with van der Waals surface area (Å²) in [7, 11) is 1.60. The van der Waals surface area contributed by atoms with E-state index in [1.54, 1.807) is 7.11 Å². The van der Waals surface area contributed by atoms with Crippen LogP contribution in [0.3, 0.4) is 0 Å². The molecule has 2 fully saturated rings. The van der Waals surface area contributed by atoms with Gasteiger partial charge in [0.1, 0.15) is 0 Å². The fourth-order valence-corrected chi connectivity index (χ4v) is 4.34. The molecule has 114 valence electrons. The SMILES string of the molecule is COC(C(=O)NC(C)C1CC2CCC1C2)c1ccccc1. The van der Waals surface area contributed by atoms with Crippen LogP contribution in [0.1, 0.15) is 44.3 Å². The molecule has 3 heteroatoms. The van der Waals surface area contributed by atoms with Gasteiger partial charge in [0.2, 0.25) is 0 Å². The quantitative estimate of drug-likeness (QED) is 0.902. The Morgan fingerprint density at radius 2 is 2.00 bits per heavy atom. The number of amides is 1. The lowest BCUT2D eigenvalue weighted by atomic mass is 9.84. The molecule has 0 aliphatic heterocycles. The molecule has 1 aromatic carbocycles. The molecule has 0 aromatic heterocycles. The first-order valence-electron chi connectivity index (χ1n) is 8.07. The van der Waals surface area contributed by atoms with Gasteiger partial charge in [0.15, 0.2) is 6.10 Å². The fourth-order valence-electron chi connectivity index (χ4n) is 4.34. The number of methoxy groups -OCH3 is 1. The summed E-state index contributed by atoms with van der Waals surface area (Å²) >= 11 is 0. The van der Waals surface area contributed by atoms with Gasteiger partial charge in [-0.05, 0) is 49.5 Å². The van der Waals surface area contributed by atoms with Crippen LogP contribution in [-0.2, 0) is 9.53 Å². The van der Waals surface area contributed by atoms with E-state index in [2.05, 4.69) is 12.2 Å². The van der Waals surface area contributed by atoms with Gasteiger partial charge < -0.3 is 10.1 Å². The van der Waals surface area contributed by atoms with Crippen molar-refractivity contribution in [2.45, 2.75) is 44.8 Å². The molecule has 1 N–H and O–H groups in total. The third-order valence-electron chi connectivity index (χ3n) is 5.38. The monoisotopic (exact) mass is 287 g/mol. The van der Waals surface area contributed by atoms with Crippen LogP contribution in [0.25, 0.3) is 0 Å². The minimum atomic E-state index is -0.507. The van der Waals surface area contributed by atoms with Crippen LogP contribution in [0.15, 0.2) is 30.3 Å². The highest BCUT2D eigenvalue weighted by molar-refractivity contribution is 5.82. The molecule has 1 aromatic rings. The minimum Gasteiger partial charge on any atom is -0.367 e. The van der Waals surface area contributed by atoms with Gasteiger partial charge in [-0.1, -0.05) is 36.8 Å². The number of hydrogen-bond acceptors (Lipinski definition) is 2. The smallest absolute Gasteiger partial charge is 0.253 e. The summed E-state index contributed by atoms with van der Waals surface area (Å²) in [6.07, 6.45) is 4.90. The van der Waals surface area contributed by atoms with E-state index in [9.17, 15) is 4.79 Å². The van der Waals surface area contributed by atoms with Gasteiger partial charge in [-0.25, -0.2) is 0 Å². The summed E-state index contributed by atoms with van der Waals surface area (Å²) in [5, 5.41) is 3.19. The molecule has 0 radical (unpaired) electrons. The van der Waals surface area contributed by atoms with Crippen LogP contribution in [0.5, 0.6) is 0 Å². The van der Waals surface area contributed by atoms with E-state index >= 15 is 0 Å². The Labute approximate surface area is 127 Å². The number of ether oxygens (including phenoxy) is 1. The first-order valence-corrected chi connectivity index (χ1v) is 8.07. The van der Waals surface area contributed by atoms with Gasteiger partial charge in [0.05, 0.1) is 0 Å². The summed E-state index contributed by atoms with van der Waals surface area (Å²) in [6.45, 7) is 2.15. The maximum absolute atomic E-state index is 12.5. The van der Waals surface area contributed by atoms with E-state index < -0.39 is 6.10 Å². The topological polar surface area (TPSA) is 38.3 Å². The minimum absolute atomic E-state index is 0.0148. The number of hydrogen-bond donors (Lipinski definition) is 1. The predicted octanol–water partition coefficient (Wildman–Crippen LogP) is 3.32. The standard InChI is InChI=1S/C18H25NO2/c1-12(16-11-13-8-9-15(16)10-13)19-18(20)17(21-2)14-6-4-3-5-7-14/h3-7,12-13,15-17H,8-11H2,1-2H3,(H,19,20). The third kappa shape index (κ3) is 2.98. The second-order valence-electron chi connectivity index (χ2n) is 6.66. The molecule has 3 nitrogen and oxygen atoms in total. The number of nitrogens with one attached hydrogen (secondary N) is 1. The van der Waals surface area contributed by atoms with E-state index in [0.717, 1.165) is 17.4 Å². The molecular weight excluding hydrogens is 262 g/mol. The highest BCUT2D eigenvalue weighted by atomic mass is 16.5. The molecule has 0 saturated heterocycles. The first kappa shape index (κ1) is 14.6. The molecular formula is C18H25NO2. The van der Waals surface area contributed by atoms with Gasteiger partial charge >= 0.3 is 0 Å². The zero-order valence-corrected chi connectivity index (χ0v) is 12.9. The lowest BCUT2D eigenvalue weighted by Gasteiger charge is -2.29. The maximum Gasteiger partial charge on any atom is 0.253 e. The molecule has 5 unspecified atom stereocenters. The zero-order valence-electron chi connectivity index (χ0n) is 12.9. The molecule has 2 aliphatic carbocycles. The van der Waals surface area contributed by atoms with Crippen molar-refractivity contribution in [3.05, 3.63) is 35.9 Å². The Bertz CT molecular complexity index is 487. The molecule has 1 amide bonds. The summed E-state index contributed by atoms with van der Waals surface area (Å²) in [6, 6.07) is 9.95. The number of fused-ring (bicyclic) bond motifs is 2. The van der Waals surface area contributed by atoms with E-state index in [4.69, 9.17) is 4.74 Å². The molecule has 2 aliphatic rings. The average molecular weight is 287 g/mol. The third-order valence-corrected chi connectivity index (χ3v) is 5.38. The Morgan fingerprint density at radius 1 is 1.24 bits per heavy atom. The lowest BCUT2D eigenvalue weighted by Crippen LogP contribution is -2.42. The largest absolute Gasteiger partial charge is 0.367 e. The molecule has 21 heavy (non-hydrogen) atoms. The van der Waals surface area contributed by atoms with Crippen molar-refractivity contribution < 1.29 is 9.53 Å². The number of benzene rings is 1. The van der Waals surface area contributed by atoms with E-state index in [-0.39, 0.29) is 11.9 Å². The van der Waals surface area contributed by atoms with Gasteiger partial charge in [-0.15, -0.1) is 0 Å². The second kappa shape index (κ2) is 6.18. The van der Waals surface area contributed by atoms with Crippen LogP contribution in [0.2, 0.25) is 0 Å². The average Bonchev–Trinajstić information content (AvgIpc) is 3.12. The Hall–Kier alpha value is -1.35. The summed E-state index contributed by atoms with van der Waals surface area (Å²) in [5.41, 5.74) is 0.914. The van der Waals surface area contributed by atoms with E-state index in [1.807, 2.05) is 30.3 Å². The van der Waals surface area contributed by atoms with Gasteiger partial charge in [0, 0.05) is 13.2 Å². The fraction of sp³-hybridized carbons (Fsp3) is 0.611. The van der Waals surface area contributed by atoms with Crippen LogP contribution in [0.4, 0.5) is 0 Å². The zero-order chi connectivity index (χ0) is 14.8. The van der Waals surface area contributed by atoms with Gasteiger partial charge in [-0.3, -0.25) is 4.79 Å². The van der Waals surface area contributed by atoms with Crippen molar-refractivity contribution in [1.29, 1.82) is 0 Å². The molecule has 5 atom stereocenters. The molecule has 3 rings (SSSR count). The Balaban J connectivity index is 1.62. The highest BCUT2D eigenvalue weighted by Crippen LogP contribution is 2.49. The van der Waals surface area contributed by atoms with Crippen molar-refractivity contribution in [2.24, 2.45) is 17.8 Å². The number of carbonyl (C=O) groups excluding carboxylic acids is 1. The van der Waals surface area contributed by atoms with Crippen molar-refractivity contribution in [3.63, 3.8) is 0 Å². The predicted molar refractivity (Wildman–Crippen MR) is 82.7 cm³/mol. The van der Waals surface area contributed by atoms with Crippen LogP contribution in [-0.4, -0.2) is 19.1 Å². The molecule has 0 spiro atoms. The number of carbonyl (C=O) groups is 1. The maximum atomic E-state index is 12.5. The summed E-state index contributed by atoms with van der Waals surface area (Å²) < 4.78 is 5.41. The highest BCUT2D eigenvalue weighted by Gasteiger charge is 2.42. The Kier molecular flexibility index (Phi) is 4.29.